The summed E-state index contributed by atoms with van der Waals surface area (Å²) in [7, 11) is 5.61. The molecule has 0 bridgehead atoms. The van der Waals surface area contributed by atoms with Crippen LogP contribution in [0.15, 0.2) is 18.2 Å². The predicted molar refractivity (Wildman–Crippen MR) is 46.7 cm³/mol. The second-order valence-electron chi connectivity index (χ2n) is 2.22. The zero-order chi connectivity index (χ0) is 8.27. The summed E-state index contributed by atoms with van der Waals surface area (Å²) < 4.78 is 13.4. The van der Waals surface area contributed by atoms with E-state index in [1.54, 1.807) is 6.07 Å². The summed E-state index contributed by atoms with van der Waals surface area (Å²) in [5, 5.41) is 0.444. The van der Waals surface area contributed by atoms with Gasteiger partial charge in [0.2, 0.25) is 0 Å². The molecule has 0 spiro atoms. The van der Waals surface area contributed by atoms with Gasteiger partial charge in [0.1, 0.15) is 5.82 Å². The van der Waals surface area contributed by atoms with Crippen LogP contribution in [0.25, 0.3) is 0 Å². The van der Waals surface area contributed by atoms with E-state index in [2.05, 4.69) is 0 Å². The van der Waals surface area contributed by atoms with Gasteiger partial charge in [-0.1, -0.05) is 21.7 Å². The molecule has 0 aliphatic carbocycles. The summed E-state index contributed by atoms with van der Waals surface area (Å²) >= 11 is 5.05. The Morgan fingerprint density at radius 3 is 2.64 bits per heavy atom. The molecule has 0 heterocycles. The third-order valence-electron chi connectivity index (χ3n) is 1.31. The molecular formula is C7H5Cl2FMg. The largest absolute Gasteiger partial charge is 0.505 e. The lowest BCUT2D eigenvalue weighted by Gasteiger charge is -1.97. The standard InChI is InChI=1S/C7H5ClF.ClH.Mg/c1-5-2-6(8)4-7(9)3-5;;/h2-4H,1H2;1H;/q;;+1/p-1. The van der Waals surface area contributed by atoms with Gasteiger partial charge in [0.25, 0.3) is 0 Å². The van der Waals surface area contributed by atoms with E-state index in [9.17, 15) is 4.39 Å². The van der Waals surface area contributed by atoms with Crippen LogP contribution in [0.1, 0.15) is 5.56 Å². The number of rotatable bonds is 2. The first-order valence-corrected chi connectivity index (χ1v) is 6.75. The van der Waals surface area contributed by atoms with Crippen molar-refractivity contribution >= 4 is 39.9 Å². The minimum atomic E-state index is -0.569. The number of hydrogen-bond donors (Lipinski definition) is 0. The highest BCUT2D eigenvalue weighted by atomic mass is 35.5. The van der Waals surface area contributed by atoms with Crippen LogP contribution in [0.4, 0.5) is 4.39 Å². The molecule has 0 aromatic heterocycles. The van der Waals surface area contributed by atoms with E-state index < -0.39 is 19.3 Å². The monoisotopic (exact) mass is 202 g/mol. The fourth-order valence-electron chi connectivity index (χ4n) is 0.864. The Morgan fingerprint density at radius 1 is 1.36 bits per heavy atom. The van der Waals surface area contributed by atoms with Crippen LogP contribution in [0, 0.1) is 5.82 Å². The number of hydrogen-bond acceptors (Lipinski definition) is 0. The lowest BCUT2D eigenvalue weighted by molar-refractivity contribution is 0.626. The third kappa shape index (κ3) is 3.16. The first-order chi connectivity index (χ1) is 5.22. The maximum Gasteiger partial charge on any atom is 0.505 e. The van der Waals surface area contributed by atoms with Gasteiger partial charge in [-0.05, 0) is 18.2 Å². The summed E-state index contributed by atoms with van der Waals surface area (Å²) in [6.07, 6.45) is 0. The first kappa shape index (κ1) is 9.58. The molecule has 11 heavy (non-hydrogen) atoms. The molecule has 0 saturated carbocycles. The topological polar surface area (TPSA) is 0 Å². The summed E-state index contributed by atoms with van der Waals surface area (Å²) in [6.45, 7) is 0. The zero-order valence-corrected chi connectivity index (χ0v) is 8.71. The fourth-order valence-corrected chi connectivity index (χ4v) is 2.27. The molecule has 1 aromatic carbocycles. The fraction of sp³-hybridized carbons (Fsp3) is 0.143. The minimum Gasteiger partial charge on any atom is -0.345 e. The molecule has 1 rings (SSSR count). The zero-order valence-electron chi connectivity index (χ0n) is 5.78. The molecular weight excluding hydrogens is 198 g/mol. The molecule has 0 aliphatic rings. The molecule has 0 fully saturated rings. The maximum absolute atomic E-state index is 12.6. The van der Waals surface area contributed by atoms with Crippen LogP contribution in [0.2, 0.25) is 5.02 Å². The molecule has 1 aromatic rings. The van der Waals surface area contributed by atoms with Gasteiger partial charge < -0.3 is 9.07 Å². The van der Waals surface area contributed by atoms with Crippen molar-refractivity contribution in [1.29, 1.82) is 0 Å². The molecule has 0 N–H and O–H groups in total. The van der Waals surface area contributed by atoms with Crippen molar-refractivity contribution in [2.75, 3.05) is 0 Å². The van der Waals surface area contributed by atoms with Crippen LogP contribution in [0.5, 0.6) is 0 Å². The van der Waals surface area contributed by atoms with Crippen molar-refractivity contribution in [2.45, 2.75) is 4.55 Å². The van der Waals surface area contributed by atoms with Gasteiger partial charge in [0.05, 0.1) is 0 Å². The van der Waals surface area contributed by atoms with Crippen molar-refractivity contribution in [3.8, 4) is 0 Å². The van der Waals surface area contributed by atoms with Crippen LogP contribution in [0.3, 0.4) is 0 Å². The average molecular weight is 203 g/mol. The normalized spacial score (nSPS) is 9.36. The molecule has 56 valence electrons. The van der Waals surface area contributed by atoms with Crippen LogP contribution >= 0.6 is 20.7 Å². The Morgan fingerprint density at radius 2 is 2.09 bits per heavy atom. The van der Waals surface area contributed by atoms with Crippen molar-refractivity contribution in [2.24, 2.45) is 0 Å². The third-order valence-corrected chi connectivity index (χ3v) is 2.86. The van der Waals surface area contributed by atoms with E-state index in [0.717, 1.165) is 10.1 Å². The van der Waals surface area contributed by atoms with E-state index in [-0.39, 0.29) is 5.82 Å². The van der Waals surface area contributed by atoms with Crippen LogP contribution in [-0.4, -0.2) is 19.3 Å². The Labute approximate surface area is 83.2 Å². The van der Waals surface area contributed by atoms with Gasteiger partial charge in [-0.2, -0.15) is 0 Å². The number of halogens is 3. The minimum absolute atomic E-state index is 0.286. The van der Waals surface area contributed by atoms with Gasteiger partial charge in [-0.3, -0.25) is 0 Å². The molecule has 0 aliphatic heterocycles. The Kier molecular flexibility index (Phi) is 3.92. The smallest absolute Gasteiger partial charge is 0.345 e. The summed E-state index contributed by atoms with van der Waals surface area (Å²) in [5.41, 5.74) is 0.900. The van der Waals surface area contributed by atoms with Gasteiger partial charge in [0, 0.05) is 5.02 Å². The highest BCUT2D eigenvalue weighted by Crippen LogP contribution is 2.14. The predicted octanol–water partition coefficient (Wildman–Crippen LogP) is 2.84. The van der Waals surface area contributed by atoms with Crippen LogP contribution in [-0.2, 0) is 4.55 Å². The Balaban J connectivity index is 2.89. The van der Waals surface area contributed by atoms with Crippen LogP contribution < -0.4 is 0 Å². The lowest BCUT2D eigenvalue weighted by atomic mass is 10.2. The van der Waals surface area contributed by atoms with E-state index in [1.165, 1.54) is 12.1 Å². The van der Waals surface area contributed by atoms with E-state index in [4.69, 9.17) is 20.7 Å². The Hall–Kier alpha value is 0.496. The highest BCUT2D eigenvalue weighted by Gasteiger charge is 1.99. The van der Waals surface area contributed by atoms with Gasteiger partial charge in [0.15, 0.2) is 0 Å². The maximum atomic E-state index is 12.6. The molecule has 0 radical (unpaired) electrons. The second-order valence-corrected chi connectivity index (χ2v) is 4.66. The molecule has 0 amide bonds. The first-order valence-electron chi connectivity index (χ1n) is 3.23. The number of benzene rings is 1. The van der Waals surface area contributed by atoms with Crippen molar-refractivity contribution in [3.63, 3.8) is 0 Å². The van der Waals surface area contributed by atoms with Crippen molar-refractivity contribution < 1.29 is 4.39 Å². The van der Waals surface area contributed by atoms with Gasteiger partial charge in [-0.25, -0.2) is 4.39 Å². The SMILES string of the molecule is Fc1cc(Cl)cc([CH2][Mg][Cl])c1. The summed E-state index contributed by atoms with van der Waals surface area (Å²) in [5.74, 6) is -0.286. The van der Waals surface area contributed by atoms with Crippen molar-refractivity contribution in [3.05, 3.63) is 34.6 Å². The molecule has 0 saturated heterocycles. The van der Waals surface area contributed by atoms with Crippen molar-refractivity contribution in [1.82, 2.24) is 0 Å². The summed E-state index contributed by atoms with van der Waals surface area (Å²) in [4.78, 5) is 0. The Bertz CT molecular complexity index is 232. The lowest BCUT2D eigenvalue weighted by Crippen LogP contribution is -1.90. The van der Waals surface area contributed by atoms with Gasteiger partial charge in [-0.15, -0.1) is 0 Å². The van der Waals surface area contributed by atoms with E-state index >= 15 is 0 Å². The highest BCUT2D eigenvalue weighted by molar-refractivity contribution is 6.93. The summed E-state index contributed by atoms with van der Waals surface area (Å²) in [6, 6.07) is 4.52. The molecule has 0 unspecified atom stereocenters. The van der Waals surface area contributed by atoms with E-state index in [0.29, 0.717) is 5.02 Å². The quantitative estimate of drug-likeness (QED) is 0.648. The van der Waals surface area contributed by atoms with E-state index in [1.807, 2.05) is 0 Å². The molecule has 0 atom stereocenters. The average Bonchev–Trinajstić information content (AvgIpc) is 1.85. The molecule has 4 heteroatoms. The molecule has 0 nitrogen and oxygen atoms in total. The second kappa shape index (κ2) is 4.50. The van der Waals surface area contributed by atoms with Gasteiger partial charge >= 0.3 is 19.3 Å².